The van der Waals surface area contributed by atoms with Crippen LogP contribution < -0.4 is 10.2 Å². The molecule has 37 heavy (non-hydrogen) atoms. The molecule has 0 bridgehead atoms. The summed E-state index contributed by atoms with van der Waals surface area (Å²) in [5, 5.41) is 9.95. The number of pyridine rings is 1. The summed E-state index contributed by atoms with van der Waals surface area (Å²) in [5.41, 5.74) is 1.18. The Bertz CT molecular complexity index is 1320. The molecule has 0 radical (unpaired) electrons. The summed E-state index contributed by atoms with van der Waals surface area (Å²) in [6, 6.07) is 9.97. The highest BCUT2D eigenvalue weighted by Crippen LogP contribution is 2.38. The normalized spacial score (nSPS) is 28.2. The molecular formula is C25H27BF2N2O6S. The lowest BCUT2D eigenvalue weighted by molar-refractivity contribution is 0.00578. The highest BCUT2D eigenvalue weighted by molar-refractivity contribution is 7.93. The predicted molar refractivity (Wildman–Crippen MR) is 135 cm³/mol. The van der Waals surface area contributed by atoms with Crippen molar-refractivity contribution in [1.29, 1.82) is 0 Å². The van der Waals surface area contributed by atoms with E-state index in [-0.39, 0.29) is 42.6 Å². The van der Waals surface area contributed by atoms with Gasteiger partial charge in [-0.15, -0.1) is 3.89 Å². The van der Waals surface area contributed by atoms with Gasteiger partial charge < -0.3 is 28.6 Å². The average Bonchev–Trinajstić information content (AvgIpc) is 3.57. The first-order valence-corrected chi connectivity index (χ1v) is 12.8. The van der Waals surface area contributed by atoms with Crippen molar-refractivity contribution in [2.75, 3.05) is 13.2 Å². The van der Waals surface area contributed by atoms with Gasteiger partial charge in [0, 0.05) is 17.7 Å². The second-order valence-corrected chi connectivity index (χ2v) is 11.1. The van der Waals surface area contributed by atoms with Crippen LogP contribution in [0.25, 0.3) is 22.3 Å². The Morgan fingerprint density at radius 1 is 1.05 bits per heavy atom. The number of aromatic nitrogens is 2. The molecule has 2 aromatic heterocycles. The quantitative estimate of drug-likeness (QED) is 0.501. The fourth-order valence-corrected chi connectivity index (χ4v) is 5.27. The zero-order chi connectivity index (χ0) is 26.1. The topological polar surface area (TPSA) is 84.2 Å². The maximum Gasteiger partial charge on any atom is 0.494 e. The molecule has 1 N–H and O–H groups in total. The van der Waals surface area contributed by atoms with E-state index in [1.54, 1.807) is 18.2 Å². The smallest absolute Gasteiger partial charge is 0.469 e. The zero-order valence-electron chi connectivity index (χ0n) is 20.8. The second-order valence-electron chi connectivity index (χ2n) is 10.6. The van der Waals surface area contributed by atoms with Gasteiger partial charge in [0.1, 0.15) is 24.0 Å². The minimum absolute atomic E-state index is 0.107. The van der Waals surface area contributed by atoms with Crippen LogP contribution in [0.5, 0.6) is 5.88 Å². The number of halogens is 2. The van der Waals surface area contributed by atoms with Crippen LogP contribution >= 0.6 is 12.3 Å². The SMILES string of the molecule is CC1(C)OB(c2ccc(-c3nc4cc(O[C@@H]5COC6[C@H](O)CO[C@@H]65)n(SF)c4cc3F)cc2)OC1(C)C. The van der Waals surface area contributed by atoms with Crippen molar-refractivity contribution in [3.8, 4) is 17.1 Å². The molecule has 196 valence electrons. The van der Waals surface area contributed by atoms with Crippen molar-refractivity contribution in [3.05, 3.63) is 42.2 Å². The third kappa shape index (κ3) is 4.14. The van der Waals surface area contributed by atoms with E-state index in [0.717, 1.165) is 9.44 Å². The molecule has 3 saturated heterocycles. The minimum Gasteiger partial charge on any atom is -0.469 e. The molecule has 0 aliphatic carbocycles. The van der Waals surface area contributed by atoms with Crippen LogP contribution in [-0.4, -0.2) is 70.0 Å². The molecule has 0 saturated carbocycles. The number of hydrogen-bond donors (Lipinski definition) is 1. The molecule has 3 aliphatic rings. The van der Waals surface area contributed by atoms with E-state index in [1.165, 1.54) is 6.07 Å². The van der Waals surface area contributed by atoms with Gasteiger partial charge >= 0.3 is 7.12 Å². The Morgan fingerprint density at radius 3 is 2.41 bits per heavy atom. The number of aliphatic hydroxyl groups is 1. The van der Waals surface area contributed by atoms with Crippen molar-refractivity contribution in [1.82, 2.24) is 8.96 Å². The van der Waals surface area contributed by atoms with Crippen molar-refractivity contribution in [2.45, 2.75) is 63.3 Å². The van der Waals surface area contributed by atoms with E-state index in [4.69, 9.17) is 23.5 Å². The lowest BCUT2D eigenvalue weighted by Crippen LogP contribution is -2.41. The molecular weight excluding hydrogens is 505 g/mol. The van der Waals surface area contributed by atoms with Gasteiger partial charge in [-0.1, -0.05) is 24.3 Å². The number of hydrogen-bond acceptors (Lipinski definition) is 8. The van der Waals surface area contributed by atoms with Gasteiger partial charge in [-0.2, -0.15) is 0 Å². The molecule has 6 rings (SSSR count). The summed E-state index contributed by atoms with van der Waals surface area (Å²) in [6.07, 6.45) is -2.21. The van der Waals surface area contributed by atoms with Gasteiger partial charge in [0.25, 0.3) is 0 Å². The molecule has 12 heteroatoms. The number of rotatable bonds is 5. The lowest BCUT2D eigenvalue weighted by Gasteiger charge is -2.32. The first kappa shape index (κ1) is 25.1. The van der Waals surface area contributed by atoms with Crippen LogP contribution in [0, 0.1) is 5.82 Å². The van der Waals surface area contributed by atoms with E-state index in [2.05, 4.69) is 4.98 Å². The van der Waals surface area contributed by atoms with E-state index in [1.807, 2.05) is 39.8 Å². The average molecular weight is 532 g/mol. The summed E-state index contributed by atoms with van der Waals surface area (Å²) in [6.45, 7) is 8.28. The van der Waals surface area contributed by atoms with E-state index < -0.39 is 48.6 Å². The molecule has 4 atom stereocenters. The fraction of sp³-hybridized carbons (Fsp3) is 0.480. The number of nitrogens with zero attached hydrogens (tertiary/aromatic N) is 2. The number of ether oxygens (including phenoxy) is 3. The highest BCUT2D eigenvalue weighted by Gasteiger charge is 2.52. The van der Waals surface area contributed by atoms with Crippen LogP contribution in [0.15, 0.2) is 36.4 Å². The van der Waals surface area contributed by atoms with Gasteiger partial charge in [-0.3, -0.25) is 0 Å². The summed E-state index contributed by atoms with van der Waals surface area (Å²) >= 11 is -0.107. The minimum atomic E-state index is -0.727. The van der Waals surface area contributed by atoms with Crippen molar-refractivity contribution in [3.63, 3.8) is 0 Å². The monoisotopic (exact) mass is 532 g/mol. The Kier molecular flexibility index (Phi) is 6.05. The van der Waals surface area contributed by atoms with Crippen LogP contribution in [0.4, 0.5) is 8.28 Å². The van der Waals surface area contributed by atoms with Crippen LogP contribution in [-0.2, 0) is 18.8 Å². The van der Waals surface area contributed by atoms with Crippen molar-refractivity contribution in [2.24, 2.45) is 0 Å². The standard InChI is InChI=1S/C25H27BF2N2O6S/c1-24(2)25(3,4)36-26(35-24)14-7-5-13(6-8-14)21-15(27)9-17-16(29-21)10-20(30(17)37-28)34-19-12-33-22-18(31)11-32-23(19)22/h5-10,18-19,22-23,31H,11-12H2,1-4H3/t18-,19-,22?,23-/m1/s1. The number of aliphatic hydroxyl groups excluding tert-OH is 1. The van der Waals surface area contributed by atoms with Crippen LogP contribution in [0.2, 0.25) is 0 Å². The second kappa shape index (κ2) is 8.93. The first-order chi connectivity index (χ1) is 17.6. The fourth-order valence-electron chi connectivity index (χ4n) is 4.89. The van der Waals surface area contributed by atoms with Gasteiger partial charge in [-0.05, 0) is 33.2 Å². The molecule has 8 nitrogen and oxygen atoms in total. The summed E-state index contributed by atoms with van der Waals surface area (Å²) in [5.74, 6) is -0.441. The lowest BCUT2D eigenvalue weighted by atomic mass is 9.79. The Labute approximate surface area is 217 Å². The van der Waals surface area contributed by atoms with E-state index >= 15 is 4.39 Å². The molecule has 1 unspecified atom stereocenters. The predicted octanol–water partition coefficient (Wildman–Crippen LogP) is 3.43. The maximum atomic E-state index is 15.2. The van der Waals surface area contributed by atoms with Crippen molar-refractivity contribution >= 4 is 35.9 Å². The zero-order valence-corrected chi connectivity index (χ0v) is 21.6. The maximum absolute atomic E-state index is 15.2. The van der Waals surface area contributed by atoms with Gasteiger partial charge in [0.05, 0.1) is 35.4 Å². The van der Waals surface area contributed by atoms with Crippen molar-refractivity contribution < 1.29 is 36.9 Å². The number of benzene rings is 1. The Morgan fingerprint density at radius 2 is 1.73 bits per heavy atom. The summed E-state index contributed by atoms with van der Waals surface area (Å²) in [4.78, 5) is 4.48. The first-order valence-electron chi connectivity index (χ1n) is 12.1. The van der Waals surface area contributed by atoms with E-state index in [0.29, 0.717) is 11.1 Å². The molecule has 0 spiro atoms. The van der Waals surface area contributed by atoms with Crippen LogP contribution in [0.3, 0.4) is 0 Å². The highest BCUT2D eigenvalue weighted by atomic mass is 32.2. The molecule has 1 aromatic carbocycles. The third-order valence-electron chi connectivity index (χ3n) is 7.70. The van der Waals surface area contributed by atoms with Gasteiger partial charge in [-0.25, -0.2) is 13.3 Å². The summed E-state index contributed by atoms with van der Waals surface area (Å²) < 4.78 is 59.6. The Balaban J connectivity index is 1.27. The molecule has 3 aromatic rings. The molecule has 3 fully saturated rings. The molecule has 3 aliphatic heterocycles. The largest absolute Gasteiger partial charge is 0.494 e. The molecule has 5 heterocycles. The Hall–Kier alpha value is -2.22. The van der Waals surface area contributed by atoms with Crippen LogP contribution in [0.1, 0.15) is 27.7 Å². The number of fused-ring (bicyclic) bond motifs is 2. The van der Waals surface area contributed by atoms with E-state index in [9.17, 15) is 8.99 Å². The van der Waals surface area contributed by atoms with Gasteiger partial charge in [0.15, 0.2) is 24.3 Å². The molecule has 0 amide bonds. The third-order valence-corrected chi connectivity index (χ3v) is 8.21. The van der Waals surface area contributed by atoms with Gasteiger partial charge in [0.2, 0.25) is 5.88 Å². The summed E-state index contributed by atoms with van der Waals surface area (Å²) in [7, 11) is -0.529.